The van der Waals surface area contributed by atoms with E-state index in [1.54, 1.807) is 0 Å². The van der Waals surface area contributed by atoms with E-state index >= 15 is 0 Å². The van der Waals surface area contributed by atoms with Gasteiger partial charge in [0.1, 0.15) is 5.52 Å². The van der Waals surface area contributed by atoms with Crippen LogP contribution in [0.4, 0.5) is 0 Å². The van der Waals surface area contributed by atoms with Crippen LogP contribution in [0.2, 0.25) is 8.67 Å². The molecule has 2 aromatic heterocycles. The summed E-state index contributed by atoms with van der Waals surface area (Å²) < 4.78 is 7.07. The molecule has 1 aromatic carbocycles. The lowest BCUT2D eigenvalue weighted by Crippen LogP contribution is -1.94. The van der Waals surface area contributed by atoms with E-state index in [-0.39, 0.29) is 4.83 Å². The maximum Gasteiger partial charge on any atom is 0.196 e. The molecule has 2 nitrogen and oxygen atoms in total. The topological polar surface area (TPSA) is 26.0 Å². The van der Waals surface area contributed by atoms with Gasteiger partial charge in [-0.1, -0.05) is 51.3 Å². The largest absolute Gasteiger partial charge is 0.441 e. The van der Waals surface area contributed by atoms with Crippen molar-refractivity contribution in [2.45, 2.75) is 11.2 Å². The molecule has 0 aliphatic rings. The molecule has 0 radical (unpaired) electrons. The van der Waals surface area contributed by atoms with E-state index in [9.17, 15) is 0 Å². The first-order valence-electron chi connectivity index (χ1n) is 5.57. The van der Waals surface area contributed by atoms with Gasteiger partial charge in [0.2, 0.25) is 0 Å². The van der Waals surface area contributed by atoms with E-state index < -0.39 is 0 Å². The Hall–Kier alpha value is -0.550. The lowest BCUT2D eigenvalue weighted by molar-refractivity contribution is 0.527. The van der Waals surface area contributed by atoms with Gasteiger partial charge in [-0.3, -0.25) is 0 Å². The Morgan fingerprint density at radius 2 is 2.11 bits per heavy atom. The highest BCUT2D eigenvalue weighted by atomic mass is 79.9. The Balaban J connectivity index is 1.86. The number of nitrogens with zero attached hydrogens (tertiary/aromatic N) is 1. The molecular weight excluding hydrogens is 369 g/mol. The van der Waals surface area contributed by atoms with Crippen LogP contribution in [-0.4, -0.2) is 4.98 Å². The van der Waals surface area contributed by atoms with Gasteiger partial charge in [-0.25, -0.2) is 4.98 Å². The summed E-state index contributed by atoms with van der Waals surface area (Å²) in [6.45, 7) is 0. The minimum atomic E-state index is 0.0387. The van der Waals surface area contributed by atoms with E-state index in [1.165, 1.54) is 11.3 Å². The Morgan fingerprint density at radius 3 is 2.79 bits per heavy atom. The van der Waals surface area contributed by atoms with Crippen molar-refractivity contribution in [3.05, 3.63) is 50.5 Å². The lowest BCUT2D eigenvalue weighted by atomic mass is 10.2. The van der Waals surface area contributed by atoms with Gasteiger partial charge in [0, 0.05) is 6.42 Å². The molecule has 0 spiro atoms. The van der Waals surface area contributed by atoms with Crippen molar-refractivity contribution in [2.75, 3.05) is 0 Å². The predicted molar refractivity (Wildman–Crippen MR) is 83.7 cm³/mol. The van der Waals surface area contributed by atoms with Crippen molar-refractivity contribution in [3.63, 3.8) is 0 Å². The number of alkyl halides is 1. The zero-order valence-electron chi connectivity index (χ0n) is 9.57. The van der Waals surface area contributed by atoms with Crippen LogP contribution in [-0.2, 0) is 6.42 Å². The van der Waals surface area contributed by atoms with E-state index in [1.807, 2.05) is 30.3 Å². The van der Waals surface area contributed by atoms with E-state index in [0.717, 1.165) is 16.7 Å². The van der Waals surface area contributed by atoms with E-state index in [0.29, 0.717) is 21.0 Å². The Bertz CT molecular complexity index is 691. The minimum absolute atomic E-state index is 0.0387. The van der Waals surface area contributed by atoms with Crippen LogP contribution in [0.5, 0.6) is 0 Å². The third-order valence-electron chi connectivity index (χ3n) is 2.71. The summed E-state index contributed by atoms with van der Waals surface area (Å²) in [6.07, 6.45) is 0.626. The molecule has 0 bridgehead atoms. The molecule has 98 valence electrons. The summed E-state index contributed by atoms with van der Waals surface area (Å²) in [5.41, 5.74) is 2.64. The van der Waals surface area contributed by atoms with Gasteiger partial charge in [-0.15, -0.1) is 11.3 Å². The van der Waals surface area contributed by atoms with Gasteiger partial charge >= 0.3 is 0 Å². The van der Waals surface area contributed by atoms with Gasteiger partial charge in [-0.05, 0) is 23.8 Å². The smallest absolute Gasteiger partial charge is 0.196 e. The molecule has 0 aliphatic heterocycles. The van der Waals surface area contributed by atoms with Crippen molar-refractivity contribution in [2.24, 2.45) is 0 Å². The molecule has 0 amide bonds. The highest BCUT2D eigenvalue weighted by Crippen LogP contribution is 2.39. The van der Waals surface area contributed by atoms with Crippen molar-refractivity contribution in [1.29, 1.82) is 0 Å². The maximum absolute atomic E-state index is 6.14. The summed E-state index contributed by atoms with van der Waals surface area (Å²) in [5.74, 6) is 0.682. The Labute approximate surface area is 132 Å². The lowest BCUT2D eigenvalue weighted by Gasteiger charge is -2.05. The normalized spacial score (nSPS) is 13.0. The number of aromatic nitrogens is 1. The molecular formula is C13H8BrCl2NOS. The van der Waals surface area contributed by atoms with Crippen molar-refractivity contribution < 1.29 is 4.42 Å². The van der Waals surface area contributed by atoms with Gasteiger partial charge < -0.3 is 4.42 Å². The highest BCUT2D eigenvalue weighted by molar-refractivity contribution is 9.09. The van der Waals surface area contributed by atoms with Crippen molar-refractivity contribution >= 4 is 61.6 Å². The summed E-state index contributed by atoms with van der Waals surface area (Å²) in [5, 5.41) is 0. The summed E-state index contributed by atoms with van der Waals surface area (Å²) in [4.78, 5) is 4.48. The number of hydrogen-bond donors (Lipinski definition) is 0. The number of para-hydroxylation sites is 2. The molecule has 3 aromatic rings. The molecule has 1 atom stereocenters. The standard InChI is InChI=1S/C13H8BrCl2NOS/c14-8(7-5-11(15)19-13(7)16)6-12-17-9-3-1-2-4-10(9)18-12/h1-5,8H,6H2. The number of hydrogen-bond acceptors (Lipinski definition) is 3. The first-order valence-corrected chi connectivity index (χ1v) is 8.05. The van der Waals surface area contributed by atoms with Gasteiger partial charge in [0.15, 0.2) is 11.5 Å². The van der Waals surface area contributed by atoms with Crippen molar-refractivity contribution in [1.82, 2.24) is 4.98 Å². The molecule has 19 heavy (non-hydrogen) atoms. The third-order valence-corrected chi connectivity index (χ3v) is 5.05. The molecule has 1 unspecified atom stereocenters. The first kappa shape index (κ1) is 13.4. The fourth-order valence-corrected chi connectivity index (χ4v) is 4.34. The van der Waals surface area contributed by atoms with Crippen LogP contribution in [0.1, 0.15) is 16.3 Å². The Morgan fingerprint density at radius 1 is 1.32 bits per heavy atom. The molecule has 0 aliphatic carbocycles. The predicted octanol–water partition coefficient (Wildman–Crippen LogP) is 5.87. The second-order valence-corrected chi connectivity index (χ2v) is 7.42. The molecule has 2 heterocycles. The van der Waals surface area contributed by atoms with Gasteiger partial charge in [-0.2, -0.15) is 0 Å². The SMILES string of the molecule is Clc1cc(C(Br)Cc2nc3ccccc3o2)c(Cl)s1. The number of benzene rings is 1. The molecule has 0 saturated heterocycles. The van der Waals surface area contributed by atoms with E-state index in [2.05, 4.69) is 20.9 Å². The third kappa shape index (κ3) is 2.82. The molecule has 3 rings (SSSR count). The number of halogens is 3. The van der Waals surface area contributed by atoms with Crippen LogP contribution in [0.3, 0.4) is 0 Å². The molecule has 6 heteroatoms. The molecule has 0 saturated carbocycles. The van der Waals surface area contributed by atoms with Crippen LogP contribution >= 0.6 is 50.5 Å². The quantitative estimate of drug-likeness (QED) is 0.534. The van der Waals surface area contributed by atoms with Crippen LogP contribution in [0.25, 0.3) is 11.1 Å². The van der Waals surface area contributed by atoms with Crippen molar-refractivity contribution in [3.8, 4) is 0 Å². The zero-order valence-corrected chi connectivity index (χ0v) is 13.5. The van der Waals surface area contributed by atoms with Crippen LogP contribution in [0.15, 0.2) is 34.7 Å². The summed E-state index contributed by atoms with van der Waals surface area (Å²) >= 11 is 17.1. The molecule has 0 fully saturated rings. The van der Waals surface area contributed by atoms with Crippen LogP contribution in [0, 0.1) is 0 Å². The molecule has 0 N–H and O–H groups in total. The average molecular weight is 377 g/mol. The number of oxazole rings is 1. The Kier molecular flexibility index (Phi) is 3.85. The van der Waals surface area contributed by atoms with Crippen LogP contribution < -0.4 is 0 Å². The zero-order chi connectivity index (χ0) is 13.4. The summed E-state index contributed by atoms with van der Waals surface area (Å²) in [7, 11) is 0. The fourth-order valence-electron chi connectivity index (χ4n) is 1.84. The van der Waals surface area contributed by atoms with Gasteiger partial charge in [0.25, 0.3) is 0 Å². The number of rotatable bonds is 3. The summed E-state index contributed by atoms with van der Waals surface area (Å²) in [6, 6.07) is 9.58. The highest BCUT2D eigenvalue weighted by Gasteiger charge is 2.18. The number of fused-ring (bicyclic) bond motifs is 1. The first-order chi connectivity index (χ1) is 9.13. The van der Waals surface area contributed by atoms with Gasteiger partial charge in [0.05, 0.1) is 13.5 Å². The monoisotopic (exact) mass is 375 g/mol. The second-order valence-electron chi connectivity index (χ2n) is 4.03. The average Bonchev–Trinajstić information content (AvgIpc) is 2.91. The minimum Gasteiger partial charge on any atom is -0.441 e. The number of thiophene rings is 1. The maximum atomic E-state index is 6.14. The second kappa shape index (κ2) is 5.44. The van der Waals surface area contributed by atoms with E-state index in [4.69, 9.17) is 27.6 Å². The fraction of sp³-hybridized carbons (Fsp3) is 0.154.